The Labute approximate surface area is 195 Å². The summed E-state index contributed by atoms with van der Waals surface area (Å²) in [5.74, 6) is -0.894. The number of carbonyl (C=O) groups is 3. The second-order valence-corrected chi connectivity index (χ2v) is 9.17. The first kappa shape index (κ1) is 24.5. The molecule has 0 saturated carbocycles. The van der Waals surface area contributed by atoms with Crippen LogP contribution in [0.2, 0.25) is 0 Å². The highest BCUT2D eigenvalue weighted by Gasteiger charge is 2.26. The normalized spacial score (nSPS) is 17.4. The summed E-state index contributed by atoms with van der Waals surface area (Å²) < 4.78 is 0. The molecule has 3 amide bonds. The Morgan fingerprint density at radius 2 is 1.79 bits per heavy atom. The third-order valence-corrected chi connectivity index (χ3v) is 6.16. The van der Waals surface area contributed by atoms with E-state index in [9.17, 15) is 14.4 Å². The van der Waals surface area contributed by atoms with Gasteiger partial charge in [0, 0.05) is 24.3 Å². The van der Waals surface area contributed by atoms with E-state index < -0.39 is 6.04 Å². The predicted molar refractivity (Wildman–Crippen MR) is 130 cm³/mol. The maximum Gasteiger partial charge on any atom is 0.252 e. The molecule has 2 aromatic rings. The maximum absolute atomic E-state index is 12.9. The van der Waals surface area contributed by atoms with Crippen LogP contribution < -0.4 is 16.4 Å². The minimum absolute atomic E-state index is 0.0745. The fourth-order valence-electron chi connectivity index (χ4n) is 4.18. The molecular formula is C26H34N4O3. The molecule has 0 aromatic heterocycles. The fraction of sp³-hybridized carbons (Fsp3) is 0.423. The summed E-state index contributed by atoms with van der Waals surface area (Å²) in [5.41, 5.74) is 8.68. The van der Waals surface area contributed by atoms with E-state index in [0.717, 1.165) is 37.1 Å². The molecular weight excluding hydrogens is 416 g/mol. The van der Waals surface area contributed by atoms with Crippen molar-refractivity contribution in [2.24, 2.45) is 17.6 Å². The van der Waals surface area contributed by atoms with Gasteiger partial charge in [-0.15, -0.1) is 0 Å². The molecule has 4 N–H and O–H groups in total. The Bertz CT molecular complexity index is 987. The lowest BCUT2D eigenvalue weighted by atomic mass is 9.97. The lowest BCUT2D eigenvalue weighted by molar-refractivity contribution is -0.123. The summed E-state index contributed by atoms with van der Waals surface area (Å²) in [6, 6.07) is 14.3. The number of benzene rings is 2. The van der Waals surface area contributed by atoms with Gasteiger partial charge in [0.2, 0.25) is 11.8 Å². The molecule has 176 valence electrons. The van der Waals surface area contributed by atoms with Crippen LogP contribution in [0.3, 0.4) is 0 Å². The number of amides is 3. The molecule has 0 bridgehead atoms. The van der Waals surface area contributed by atoms with Crippen molar-refractivity contribution >= 4 is 23.4 Å². The van der Waals surface area contributed by atoms with E-state index in [0.29, 0.717) is 17.8 Å². The SMILES string of the molecule is Cc1ccccc1C(=O)NC(C(=O)Nc1ccc(CN2CCCC(C(N)=O)C2)cc1)C(C)C. The number of nitrogens with one attached hydrogen (secondary N) is 2. The standard InChI is InChI=1S/C26H34N4O3/c1-17(2)23(29-25(32)22-9-5-4-7-18(22)3)26(33)28-21-12-10-19(11-13-21)15-30-14-6-8-20(16-30)24(27)31/h4-5,7,9-13,17,20,23H,6,8,14-16H2,1-3H3,(H2,27,31)(H,28,33)(H,29,32). The number of aryl methyl sites for hydroxylation is 1. The second-order valence-electron chi connectivity index (χ2n) is 9.17. The van der Waals surface area contributed by atoms with Crippen molar-refractivity contribution in [3.8, 4) is 0 Å². The smallest absolute Gasteiger partial charge is 0.252 e. The fourth-order valence-corrected chi connectivity index (χ4v) is 4.18. The Morgan fingerprint density at radius 1 is 1.09 bits per heavy atom. The number of nitrogens with zero attached hydrogens (tertiary/aromatic N) is 1. The van der Waals surface area contributed by atoms with Gasteiger partial charge in [-0.05, 0) is 61.6 Å². The summed E-state index contributed by atoms with van der Waals surface area (Å²) in [6.45, 7) is 8.05. The van der Waals surface area contributed by atoms with Crippen molar-refractivity contribution < 1.29 is 14.4 Å². The van der Waals surface area contributed by atoms with Crippen molar-refractivity contribution in [2.75, 3.05) is 18.4 Å². The van der Waals surface area contributed by atoms with Crippen LogP contribution >= 0.6 is 0 Å². The van der Waals surface area contributed by atoms with Crippen LogP contribution in [0.1, 0.15) is 48.2 Å². The molecule has 1 heterocycles. The zero-order valence-electron chi connectivity index (χ0n) is 19.6. The van der Waals surface area contributed by atoms with Crippen LogP contribution in [0.5, 0.6) is 0 Å². The number of likely N-dealkylation sites (tertiary alicyclic amines) is 1. The van der Waals surface area contributed by atoms with Gasteiger partial charge in [-0.1, -0.05) is 44.2 Å². The summed E-state index contributed by atoms with van der Waals surface area (Å²) in [6.07, 6.45) is 1.82. The minimum atomic E-state index is -0.657. The maximum atomic E-state index is 12.9. The molecule has 2 unspecified atom stereocenters. The van der Waals surface area contributed by atoms with Gasteiger partial charge in [0.25, 0.3) is 5.91 Å². The first-order valence-corrected chi connectivity index (χ1v) is 11.5. The third kappa shape index (κ3) is 6.65. The van der Waals surface area contributed by atoms with E-state index in [1.54, 1.807) is 6.07 Å². The topological polar surface area (TPSA) is 105 Å². The average molecular weight is 451 g/mol. The molecule has 1 aliphatic rings. The van der Waals surface area contributed by atoms with Crippen molar-refractivity contribution in [3.05, 3.63) is 65.2 Å². The average Bonchev–Trinajstić information content (AvgIpc) is 2.78. The summed E-state index contributed by atoms with van der Waals surface area (Å²) in [7, 11) is 0. The van der Waals surface area contributed by atoms with Crippen molar-refractivity contribution in [1.82, 2.24) is 10.2 Å². The Hall–Kier alpha value is -3.19. The lowest BCUT2D eigenvalue weighted by Gasteiger charge is -2.31. The highest BCUT2D eigenvalue weighted by Crippen LogP contribution is 2.19. The zero-order chi connectivity index (χ0) is 24.0. The molecule has 1 fully saturated rings. The number of piperidine rings is 1. The molecule has 0 spiro atoms. The van der Waals surface area contributed by atoms with Gasteiger partial charge in [-0.3, -0.25) is 19.3 Å². The quantitative estimate of drug-likeness (QED) is 0.575. The van der Waals surface area contributed by atoms with E-state index in [-0.39, 0.29) is 29.6 Å². The van der Waals surface area contributed by atoms with Gasteiger partial charge in [0.1, 0.15) is 6.04 Å². The van der Waals surface area contributed by atoms with E-state index in [4.69, 9.17) is 5.73 Å². The number of nitrogens with two attached hydrogens (primary N) is 1. The Morgan fingerprint density at radius 3 is 2.42 bits per heavy atom. The predicted octanol–water partition coefficient (Wildman–Crippen LogP) is 3.09. The van der Waals surface area contributed by atoms with Crippen molar-refractivity contribution in [3.63, 3.8) is 0 Å². The van der Waals surface area contributed by atoms with E-state index >= 15 is 0 Å². The van der Waals surface area contributed by atoms with E-state index in [1.165, 1.54) is 0 Å². The second kappa shape index (κ2) is 11.1. The number of primary amides is 1. The summed E-state index contributed by atoms with van der Waals surface area (Å²) in [5, 5.41) is 5.80. The number of hydrogen-bond donors (Lipinski definition) is 3. The van der Waals surface area contributed by atoms with Gasteiger partial charge in [-0.25, -0.2) is 0 Å². The molecule has 7 nitrogen and oxygen atoms in total. The largest absolute Gasteiger partial charge is 0.369 e. The molecule has 0 radical (unpaired) electrons. The number of hydrogen-bond acceptors (Lipinski definition) is 4. The number of rotatable bonds is 8. The highest BCUT2D eigenvalue weighted by molar-refractivity contribution is 6.01. The van der Waals surface area contributed by atoms with Crippen LogP contribution in [-0.2, 0) is 16.1 Å². The molecule has 2 aromatic carbocycles. The van der Waals surface area contributed by atoms with Crippen LogP contribution in [0.15, 0.2) is 48.5 Å². The monoisotopic (exact) mass is 450 g/mol. The van der Waals surface area contributed by atoms with Crippen molar-refractivity contribution in [1.29, 1.82) is 0 Å². The van der Waals surface area contributed by atoms with E-state index in [1.807, 2.05) is 63.2 Å². The summed E-state index contributed by atoms with van der Waals surface area (Å²) in [4.78, 5) is 39.4. The number of carbonyl (C=O) groups excluding carboxylic acids is 3. The minimum Gasteiger partial charge on any atom is -0.369 e. The van der Waals surface area contributed by atoms with Crippen LogP contribution in [0, 0.1) is 18.8 Å². The Kier molecular flexibility index (Phi) is 8.22. The lowest BCUT2D eigenvalue weighted by Crippen LogP contribution is -2.47. The summed E-state index contributed by atoms with van der Waals surface area (Å²) >= 11 is 0. The van der Waals surface area contributed by atoms with Gasteiger partial charge in [0.05, 0.1) is 5.92 Å². The first-order chi connectivity index (χ1) is 15.7. The van der Waals surface area contributed by atoms with Gasteiger partial charge in [-0.2, -0.15) is 0 Å². The van der Waals surface area contributed by atoms with Gasteiger partial charge < -0.3 is 16.4 Å². The third-order valence-electron chi connectivity index (χ3n) is 6.16. The molecule has 3 rings (SSSR count). The molecule has 1 saturated heterocycles. The highest BCUT2D eigenvalue weighted by atomic mass is 16.2. The molecule has 33 heavy (non-hydrogen) atoms. The molecule has 1 aliphatic heterocycles. The Balaban J connectivity index is 1.59. The van der Waals surface area contributed by atoms with E-state index in [2.05, 4.69) is 15.5 Å². The van der Waals surface area contributed by atoms with Crippen LogP contribution in [-0.4, -0.2) is 41.8 Å². The van der Waals surface area contributed by atoms with Gasteiger partial charge in [0.15, 0.2) is 0 Å². The van der Waals surface area contributed by atoms with Crippen LogP contribution in [0.4, 0.5) is 5.69 Å². The molecule has 2 atom stereocenters. The van der Waals surface area contributed by atoms with Gasteiger partial charge >= 0.3 is 0 Å². The number of anilines is 1. The zero-order valence-corrected chi connectivity index (χ0v) is 19.6. The van der Waals surface area contributed by atoms with Crippen molar-refractivity contribution in [2.45, 2.75) is 46.2 Å². The van der Waals surface area contributed by atoms with Crippen LogP contribution in [0.25, 0.3) is 0 Å². The molecule has 7 heteroatoms. The molecule has 0 aliphatic carbocycles. The first-order valence-electron chi connectivity index (χ1n) is 11.5.